The van der Waals surface area contributed by atoms with Crippen LogP contribution in [-0.2, 0) is 10.0 Å². The molecule has 1 unspecified atom stereocenters. The minimum absolute atomic E-state index is 0.0363. The van der Waals surface area contributed by atoms with E-state index in [2.05, 4.69) is 0 Å². The second kappa shape index (κ2) is 5.80. The standard InChI is InChI=1S/C11H13FN2O3S/c1-8(7-18(14,15)16)6-17-11-4-2-3-10(12)9(11)5-13/h2-4,8H,6-7H2,1H3,(H2,14,15,16). The van der Waals surface area contributed by atoms with Gasteiger partial charge in [-0.05, 0) is 12.1 Å². The fraction of sp³-hybridized carbons (Fsp3) is 0.364. The van der Waals surface area contributed by atoms with Crippen molar-refractivity contribution < 1.29 is 17.5 Å². The molecule has 2 N–H and O–H groups in total. The van der Waals surface area contributed by atoms with Gasteiger partial charge in [-0.25, -0.2) is 17.9 Å². The molecular weight excluding hydrogens is 259 g/mol. The number of ether oxygens (including phenoxy) is 1. The summed E-state index contributed by atoms with van der Waals surface area (Å²) in [6, 6.07) is 5.71. The van der Waals surface area contributed by atoms with Gasteiger partial charge in [-0.3, -0.25) is 0 Å². The zero-order valence-electron chi connectivity index (χ0n) is 9.76. The van der Waals surface area contributed by atoms with E-state index in [9.17, 15) is 12.8 Å². The van der Waals surface area contributed by atoms with Crippen molar-refractivity contribution in [3.05, 3.63) is 29.6 Å². The highest BCUT2D eigenvalue weighted by Gasteiger charge is 2.14. The molecule has 0 bridgehead atoms. The van der Waals surface area contributed by atoms with Gasteiger partial charge in [0.2, 0.25) is 10.0 Å². The molecule has 0 aliphatic heterocycles. The van der Waals surface area contributed by atoms with Gasteiger partial charge in [0.05, 0.1) is 12.4 Å². The van der Waals surface area contributed by atoms with Gasteiger partial charge in [0.25, 0.3) is 0 Å². The van der Waals surface area contributed by atoms with Crippen molar-refractivity contribution in [3.63, 3.8) is 0 Å². The fourth-order valence-electron chi connectivity index (χ4n) is 1.41. The van der Waals surface area contributed by atoms with Crippen LogP contribution in [0.2, 0.25) is 0 Å². The van der Waals surface area contributed by atoms with Crippen molar-refractivity contribution in [2.24, 2.45) is 11.1 Å². The Balaban J connectivity index is 2.70. The predicted octanol–water partition coefficient (Wildman–Crippen LogP) is 1.00. The van der Waals surface area contributed by atoms with E-state index >= 15 is 0 Å². The first kappa shape index (κ1) is 14.4. The molecule has 1 atom stereocenters. The van der Waals surface area contributed by atoms with Crippen LogP contribution in [0.1, 0.15) is 12.5 Å². The molecule has 0 aliphatic rings. The van der Waals surface area contributed by atoms with Crippen molar-refractivity contribution in [1.82, 2.24) is 0 Å². The summed E-state index contributed by atoms with van der Waals surface area (Å²) in [4.78, 5) is 0. The zero-order valence-corrected chi connectivity index (χ0v) is 10.6. The molecule has 0 amide bonds. The third-order valence-electron chi connectivity index (χ3n) is 2.13. The Morgan fingerprint density at radius 2 is 2.22 bits per heavy atom. The van der Waals surface area contributed by atoms with Crippen LogP contribution < -0.4 is 9.88 Å². The van der Waals surface area contributed by atoms with Crippen molar-refractivity contribution >= 4 is 10.0 Å². The van der Waals surface area contributed by atoms with Gasteiger partial charge in [-0.1, -0.05) is 13.0 Å². The van der Waals surface area contributed by atoms with Gasteiger partial charge in [0.1, 0.15) is 23.2 Å². The number of hydrogen-bond acceptors (Lipinski definition) is 4. The Morgan fingerprint density at radius 1 is 1.56 bits per heavy atom. The van der Waals surface area contributed by atoms with Gasteiger partial charge < -0.3 is 4.74 Å². The molecular formula is C11H13FN2O3S. The first-order chi connectivity index (χ1) is 8.33. The molecule has 0 saturated carbocycles. The van der Waals surface area contributed by atoms with E-state index < -0.39 is 15.8 Å². The summed E-state index contributed by atoms with van der Waals surface area (Å²) in [5, 5.41) is 13.7. The van der Waals surface area contributed by atoms with E-state index in [1.807, 2.05) is 0 Å². The monoisotopic (exact) mass is 272 g/mol. The van der Waals surface area contributed by atoms with Crippen LogP contribution in [0.15, 0.2) is 18.2 Å². The molecule has 1 rings (SSSR count). The first-order valence-electron chi connectivity index (χ1n) is 5.15. The Morgan fingerprint density at radius 3 is 2.78 bits per heavy atom. The van der Waals surface area contributed by atoms with Crippen LogP contribution in [0.4, 0.5) is 4.39 Å². The van der Waals surface area contributed by atoms with Gasteiger partial charge >= 0.3 is 0 Å². The van der Waals surface area contributed by atoms with Crippen molar-refractivity contribution in [2.45, 2.75) is 6.92 Å². The number of nitriles is 1. The van der Waals surface area contributed by atoms with E-state index in [0.717, 1.165) is 6.07 Å². The zero-order chi connectivity index (χ0) is 13.8. The molecule has 98 valence electrons. The molecule has 7 heteroatoms. The molecule has 0 aromatic heterocycles. The quantitative estimate of drug-likeness (QED) is 0.865. The number of nitrogens with two attached hydrogens (primary N) is 1. The lowest BCUT2D eigenvalue weighted by atomic mass is 10.2. The van der Waals surface area contributed by atoms with Crippen LogP contribution in [0, 0.1) is 23.1 Å². The van der Waals surface area contributed by atoms with E-state index in [4.69, 9.17) is 15.1 Å². The predicted molar refractivity (Wildman–Crippen MR) is 63.7 cm³/mol. The number of nitrogens with zero attached hydrogens (tertiary/aromatic N) is 1. The molecule has 1 aromatic rings. The molecule has 5 nitrogen and oxygen atoms in total. The third-order valence-corrected chi connectivity index (χ3v) is 3.16. The molecule has 0 spiro atoms. The lowest BCUT2D eigenvalue weighted by Gasteiger charge is -2.12. The molecule has 0 radical (unpaired) electrons. The molecule has 0 saturated heterocycles. The summed E-state index contributed by atoms with van der Waals surface area (Å²) in [6.45, 7) is 1.67. The van der Waals surface area contributed by atoms with Gasteiger partial charge in [-0.15, -0.1) is 0 Å². The number of hydrogen-bond donors (Lipinski definition) is 1. The highest BCUT2D eigenvalue weighted by molar-refractivity contribution is 7.89. The van der Waals surface area contributed by atoms with E-state index in [1.165, 1.54) is 12.1 Å². The highest BCUT2D eigenvalue weighted by Crippen LogP contribution is 2.20. The maximum atomic E-state index is 13.2. The van der Waals surface area contributed by atoms with Crippen molar-refractivity contribution in [2.75, 3.05) is 12.4 Å². The summed E-state index contributed by atoms with van der Waals surface area (Å²) in [5.74, 6) is -1.16. The van der Waals surface area contributed by atoms with Crippen LogP contribution in [0.5, 0.6) is 5.75 Å². The second-order valence-electron chi connectivity index (χ2n) is 3.97. The summed E-state index contributed by atoms with van der Waals surface area (Å²) in [5.41, 5.74) is -0.194. The first-order valence-corrected chi connectivity index (χ1v) is 6.87. The van der Waals surface area contributed by atoms with Gasteiger partial charge in [-0.2, -0.15) is 5.26 Å². The average molecular weight is 272 g/mol. The number of sulfonamides is 1. The Kier molecular flexibility index (Phi) is 4.64. The lowest BCUT2D eigenvalue weighted by Crippen LogP contribution is -2.25. The smallest absolute Gasteiger partial charge is 0.209 e. The average Bonchev–Trinajstić information content (AvgIpc) is 2.24. The van der Waals surface area contributed by atoms with E-state index in [0.29, 0.717) is 0 Å². The maximum absolute atomic E-state index is 13.2. The molecule has 0 fully saturated rings. The number of halogens is 1. The van der Waals surface area contributed by atoms with Gasteiger partial charge in [0, 0.05) is 5.92 Å². The van der Waals surface area contributed by atoms with Crippen LogP contribution in [0.25, 0.3) is 0 Å². The minimum Gasteiger partial charge on any atom is -0.492 e. The Bertz CT molecular complexity index is 566. The SMILES string of the molecule is CC(COc1cccc(F)c1C#N)CS(N)(=O)=O. The van der Waals surface area contributed by atoms with Crippen LogP contribution >= 0.6 is 0 Å². The largest absolute Gasteiger partial charge is 0.492 e. The molecule has 0 heterocycles. The van der Waals surface area contributed by atoms with Crippen molar-refractivity contribution in [1.29, 1.82) is 5.26 Å². The fourth-order valence-corrected chi connectivity index (χ4v) is 2.30. The third kappa shape index (κ3) is 4.31. The summed E-state index contributed by atoms with van der Waals surface area (Å²) >= 11 is 0. The maximum Gasteiger partial charge on any atom is 0.209 e. The minimum atomic E-state index is -3.57. The number of benzene rings is 1. The normalized spacial score (nSPS) is 12.8. The summed E-state index contributed by atoms with van der Waals surface area (Å²) in [6.07, 6.45) is 0. The molecule has 1 aromatic carbocycles. The van der Waals surface area contributed by atoms with Crippen LogP contribution in [0.3, 0.4) is 0 Å². The van der Waals surface area contributed by atoms with E-state index in [-0.39, 0.29) is 29.6 Å². The molecule has 18 heavy (non-hydrogen) atoms. The van der Waals surface area contributed by atoms with E-state index in [1.54, 1.807) is 13.0 Å². The lowest BCUT2D eigenvalue weighted by molar-refractivity contribution is 0.270. The van der Waals surface area contributed by atoms with Crippen molar-refractivity contribution in [3.8, 4) is 11.8 Å². The summed E-state index contributed by atoms with van der Waals surface area (Å²) < 4.78 is 40.1. The summed E-state index contributed by atoms with van der Waals surface area (Å²) in [7, 11) is -3.57. The molecule has 0 aliphatic carbocycles. The number of primary sulfonamides is 1. The second-order valence-corrected chi connectivity index (χ2v) is 5.63. The Labute approximate surface area is 105 Å². The Hall–Kier alpha value is -1.65. The highest BCUT2D eigenvalue weighted by atomic mass is 32.2. The topological polar surface area (TPSA) is 93.2 Å². The van der Waals surface area contributed by atoms with Gasteiger partial charge in [0.15, 0.2) is 0 Å². The number of rotatable bonds is 5. The van der Waals surface area contributed by atoms with Crippen LogP contribution in [-0.4, -0.2) is 20.8 Å².